The Morgan fingerprint density at radius 2 is 2.08 bits per heavy atom. The SMILES string of the molecule is COc1ccc(C)cc1/C=C/C(=O)N(CC(=O)O)C1CCOCC1. The van der Waals surface area contributed by atoms with Crippen LogP contribution in [0.5, 0.6) is 5.75 Å². The third kappa shape index (κ3) is 4.83. The molecule has 0 radical (unpaired) electrons. The molecule has 1 aliphatic rings. The summed E-state index contributed by atoms with van der Waals surface area (Å²) >= 11 is 0. The van der Waals surface area contributed by atoms with Gasteiger partial charge in [0.25, 0.3) is 0 Å². The van der Waals surface area contributed by atoms with Crippen LogP contribution in [0.1, 0.15) is 24.0 Å². The third-order valence-corrected chi connectivity index (χ3v) is 4.01. The van der Waals surface area contributed by atoms with Crippen LogP contribution in [0.15, 0.2) is 24.3 Å². The third-order valence-electron chi connectivity index (χ3n) is 4.01. The van der Waals surface area contributed by atoms with Crippen LogP contribution in [0.2, 0.25) is 0 Å². The number of carbonyl (C=O) groups is 2. The monoisotopic (exact) mass is 333 g/mol. The molecule has 1 aromatic rings. The molecule has 1 aliphatic heterocycles. The maximum Gasteiger partial charge on any atom is 0.323 e. The molecule has 6 nitrogen and oxygen atoms in total. The van der Waals surface area contributed by atoms with Crippen molar-refractivity contribution in [3.05, 3.63) is 35.4 Å². The zero-order valence-corrected chi connectivity index (χ0v) is 14.0. The minimum atomic E-state index is -1.02. The first-order valence-electron chi connectivity index (χ1n) is 7.94. The zero-order chi connectivity index (χ0) is 17.5. The van der Waals surface area contributed by atoms with Crippen molar-refractivity contribution in [1.29, 1.82) is 0 Å². The number of carboxylic acids is 1. The van der Waals surface area contributed by atoms with Gasteiger partial charge >= 0.3 is 5.97 Å². The number of rotatable bonds is 6. The maximum atomic E-state index is 12.5. The molecular formula is C18H23NO5. The van der Waals surface area contributed by atoms with E-state index in [1.54, 1.807) is 13.2 Å². The maximum absolute atomic E-state index is 12.5. The van der Waals surface area contributed by atoms with Gasteiger partial charge in [0.2, 0.25) is 5.91 Å². The molecule has 6 heteroatoms. The molecule has 1 amide bonds. The van der Waals surface area contributed by atoms with Crippen LogP contribution in [-0.4, -0.2) is 54.8 Å². The molecule has 1 N–H and O–H groups in total. The quantitative estimate of drug-likeness (QED) is 0.807. The van der Waals surface area contributed by atoms with Crippen LogP contribution in [-0.2, 0) is 14.3 Å². The lowest BCUT2D eigenvalue weighted by Gasteiger charge is -2.32. The molecule has 1 saturated heterocycles. The van der Waals surface area contributed by atoms with Gasteiger partial charge in [-0.05, 0) is 38.0 Å². The zero-order valence-electron chi connectivity index (χ0n) is 14.0. The molecule has 130 valence electrons. The Balaban J connectivity index is 2.17. The van der Waals surface area contributed by atoms with Crippen molar-refractivity contribution in [2.75, 3.05) is 26.9 Å². The van der Waals surface area contributed by atoms with Crippen molar-refractivity contribution in [2.24, 2.45) is 0 Å². The minimum Gasteiger partial charge on any atom is -0.496 e. The number of ether oxygens (including phenoxy) is 2. The topological polar surface area (TPSA) is 76.1 Å². The van der Waals surface area contributed by atoms with Gasteiger partial charge in [0, 0.05) is 30.9 Å². The Bertz CT molecular complexity index is 620. The van der Waals surface area contributed by atoms with E-state index in [0.29, 0.717) is 31.8 Å². The number of aliphatic carboxylic acids is 1. The van der Waals surface area contributed by atoms with Crippen molar-refractivity contribution in [3.8, 4) is 5.75 Å². The average molecular weight is 333 g/mol. The highest BCUT2D eigenvalue weighted by atomic mass is 16.5. The molecule has 2 rings (SSSR count). The molecule has 1 fully saturated rings. The highest BCUT2D eigenvalue weighted by Gasteiger charge is 2.26. The lowest BCUT2D eigenvalue weighted by Crippen LogP contribution is -2.45. The number of aryl methyl sites for hydroxylation is 1. The van der Waals surface area contributed by atoms with Gasteiger partial charge in [-0.2, -0.15) is 0 Å². The van der Waals surface area contributed by atoms with Gasteiger partial charge in [0.05, 0.1) is 7.11 Å². The van der Waals surface area contributed by atoms with E-state index in [1.807, 2.05) is 25.1 Å². The second-order valence-corrected chi connectivity index (χ2v) is 5.78. The predicted octanol–water partition coefficient (Wildman–Crippen LogP) is 2.11. The van der Waals surface area contributed by atoms with Crippen molar-refractivity contribution >= 4 is 18.0 Å². The van der Waals surface area contributed by atoms with Gasteiger partial charge < -0.3 is 19.5 Å². The summed E-state index contributed by atoms with van der Waals surface area (Å²) in [4.78, 5) is 25.0. The number of carboxylic acid groups (broad SMARTS) is 1. The molecular weight excluding hydrogens is 310 g/mol. The number of hydrogen-bond donors (Lipinski definition) is 1. The molecule has 0 bridgehead atoms. The smallest absolute Gasteiger partial charge is 0.323 e. The number of benzene rings is 1. The van der Waals surface area contributed by atoms with E-state index in [0.717, 1.165) is 11.1 Å². The summed E-state index contributed by atoms with van der Waals surface area (Å²) in [5.41, 5.74) is 1.84. The van der Waals surface area contributed by atoms with Crippen LogP contribution in [0.3, 0.4) is 0 Å². The standard InChI is InChI=1S/C18H23NO5/c1-13-3-5-16(23-2)14(11-13)4-6-17(20)19(12-18(21)22)15-7-9-24-10-8-15/h3-6,11,15H,7-10,12H2,1-2H3,(H,21,22)/b6-4+. The number of methoxy groups -OCH3 is 1. The minimum absolute atomic E-state index is 0.105. The van der Waals surface area contributed by atoms with Crippen LogP contribution in [0, 0.1) is 6.92 Å². The second kappa shape index (κ2) is 8.49. The normalized spacial score (nSPS) is 15.4. The number of amides is 1. The molecule has 0 unspecified atom stereocenters. The highest BCUT2D eigenvalue weighted by molar-refractivity contribution is 5.94. The molecule has 0 spiro atoms. The van der Waals surface area contributed by atoms with Crippen LogP contribution in [0.25, 0.3) is 6.08 Å². The van der Waals surface area contributed by atoms with Gasteiger partial charge in [-0.15, -0.1) is 0 Å². The highest BCUT2D eigenvalue weighted by Crippen LogP contribution is 2.21. The summed E-state index contributed by atoms with van der Waals surface area (Å²) in [7, 11) is 1.57. The molecule has 0 aromatic heterocycles. The van der Waals surface area contributed by atoms with Crippen molar-refractivity contribution in [1.82, 2.24) is 4.90 Å². The summed E-state index contributed by atoms with van der Waals surface area (Å²) in [6.45, 7) is 2.74. The van der Waals surface area contributed by atoms with Gasteiger partial charge in [0.15, 0.2) is 0 Å². The van der Waals surface area contributed by atoms with Gasteiger partial charge in [-0.3, -0.25) is 9.59 Å². The fraction of sp³-hybridized carbons (Fsp3) is 0.444. The summed E-state index contributed by atoms with van der Waals surface area (Å²) in [5, 5.41) is 9.10. The fourth-order valence-corrected chi connectivity index (χ4v) is 2.77. The first-order valence-corrected chi connectivity index (χ1v) is 7.94. The van der Waals surface area contributed by atoms with E-state index >= 15 is 0 Å². The molecule has 1 aromatic carbocycles. The van der Waals surface area contributed by atoms with Gasteiger partial charge in [-0.1, -0.05) is 11.6 Å². The first-order chi connectivity index (χ1) is 11.5. The second-order valence-electron chi connectivity index (χ2n) is 5.78. The molecule has 0 aliphatic carbocycles. The molecule has 0 atom stereocenters. The lowest BCUT2D eigenvalue weighted by atomic mass is 10.1. The summed E-state index contributed by atoms with van der Waals surface area (Å²) in [6.07, 6.45) is 4.39. The Morgan fingerprint density at radius 1 is 1.38 bits per heavy atom. The van der Waals surface area contributed by atoms with Crippen molar-refractivity contribution in [3.63, 3.8) is 0 Å². The van der Waals surface area contributed by atoms with E-state index in [1.165, 1.54) is 11.0 Å². The van der Waals surface area contributed by atoms with E-state index in [2.05, 4.69) is 0 Å². The van der Waals surface area contributed by atoms with Crippen molar-refractivity contribution < 1.29 is 24.2 Å². The summed E-state index contributed by atoms with van der Waals surface area (Å²) in [6, 6.07) is 5.58. The average Bonchev–Trinajstić information content (AvgIpc) is 2.58. The van der Waals surface area contributed by atoms with E-state index in [9.17, 15) is 9.59 Å². The van der Waals surface area contributed by atoms with Gasteiger partial charge in [-0.25, -0.2) is 0 Å². The van der Waals surface area contributed by atoms with Crippen LogP contribution in [0.4, 0.5) is 0 Å². The first kappa shape index (κ1) is 18.0. The Labute approximate surface area is 141 Å². The van der Waals surface area contributed by atoms with E-state index < -0.39 is 5.97 Å². The van der Waals surface area contributed by atoms with Crippen LogP contribution >= 0.6 is 0 Å². The van der Waals surface area contributed by atoms with Crippen LogP contribution < -0.4 is 4.74 Å². The van der Waals surface area contributed by atoms with Crippen molar-refractivity contribution in [2.45, 2.75) is 25.8 Å². The number of nitrogens with zero attached hydrogens (tertiary/aromatic N) is 1. The Morgan fingerprint density at radius 3 is 2.71 bits per heavy atom. The molecule has 24 heavy (non-hydrogen) atoms. The summed E-state index contributed by atoms with van der Waals surface area (Å²) in [5.74, 6) is -0.662. The van der Waals surface area contributed by atoms with E-state index in [4.69, 9.17) is 14.6 Å². The summed E-state index contributed by atoms with van der Waals surface area (Å²) < 4.78 is 10.6. The number of carbonyl (C=O) groups excluding carboxylic acids is 1. The Hall–Kier alpha value is -2.34. The molecule has 0 saturated carbocycles. The fourth-order valence-electron chi connectivity index (χ4n) is 2.77. The largest absolute Gasteiger partial charge is 0.496 e. The lowest BCUT2D eigenvalue weighted by molar-refractivity contribution is -0.145. The molecule has 1 heterocycles. The number of hydrogen-bond acceptors (Lipinski definition) is 4. The Kier molecular flexibility index (Phi) is 6.37. The van der Waals surface area contributed by atoms with E-state index in [-0.39, 0.29) is 18.5 Å². The van der Waals surface area contributed by atoms with Gasteiger partial charge in [0.1, 0.15) is 12.3 Å². The predicted molar refractivity (Wildman–Crippen MR) is 90.0 cm³/mol.